The fraction of sp³-hybridized carbons (Fsp3) is 1.00. The fourth-order valence-electron chi connectivity index (χ4n) is 0.185. The molecule has 0 aliphatic heterocycles. The van der Waals surface area contributed by atoms with Crippen LogP contribution in [0.2, 0.25) is 0 Å². The number of rotatable bonds is 3. The first-order chi connectivity index (χ1) is 5.27. The lowest BCUT2D eigenvalue weighted by Gasteiger charge is -2.14. The van der Waals surface area contributed by atoms with Crippen LogP contribution >= 0.6 is 0 Å². The van der Waals surface area contributed by atoms with E-state index < -0.39 is 9.17 Å². The van der Waals surface area contributed by atoms with E-state index in [9.17, 15) is 9.26 Å². The molecule has 0 aromatic heterocycles. The van der Waals surface area contributed by atoms with Crippen LogP contribution in [0.4, 0.5) is 0 Å². The quantitative estimate of drug-likeness (QED) is 0.449. The highest BCUT2D eigenvalue weighted by Gasteiger charge is 1.88. The summed E-state index contributed by atoms with van der Waals surface area (Å²) >= 11 is 0. The standard InChI is InChI=1S/C4H12N.C3H7O3Si/c1-5(2,3)4;1-2-3-6-7(4)5/h1-4H3;2-3H2,1H3/q+1;-1. The Balaban J connectivity index is 0. The van der Waals surface area contributed by atoms with Crippen molar-refractivity contribution in [3.63, 3.8) is 0 Å². The second-order valence-electron chi connectivity index (χ2n) is 3.78. The van der Waals surface area contributed by atoms with Gasteiger partial charge in [0.15, 0.2) is 0 Å². The molecule has 0 N–H and O–H groups in total. The highest BCUT2D eigenvalue weighted by molar-refractivity contribution is 6.21. The molecule has 5 heteroatoms. The van der Waals surface area contributed by atoms with Crippen LogP contribution in [-0.2, 0) is 8.89 Å². The summed E-state index contributed by atoms with van der Waals surface area (Å²) in [5, 5.41) is 0. The van der Waals surface area contributed by atoms with Crippen LogP contribution in [0.15, 0.2) is 0 Å². The molecule has 0 amide bonds. The van der Waals surface area contributed by atoms with Gasteiger partial charge in [-0.25, -0.2) is 0 Å². The molecule has 0 fully saturated rings. The molecule has 0 atom stereocenters. The molecule has 0 heterocycles. The Morgan fingerprint density at radius 1 is 1.33 bits per heavy atom. The molecule has 0 saturated carbocycles. The number of quaternary nitrogens is 1. The van der Waals surface area contributed by atoms with Crippen molar-refractivity contribution >= 4 is 9.17 Å². The van der Waals surface area contributed by atoms with Gasteiger partial charge in [0.2, 0.25) is 0 Å². The van der Waals surface area contributed by atoms with E-state index in [4.69, 9.17) is 0 Å². The molecule has 0 aromatic carbocycles. The maximum atomic E-state index is 9.61. The van der Waals surface area contributed by atoms with Gasteiger partial charge in [-0.2, -0.15) is 0 Å². The Labute approximate surface area is 76.3 Å². The van der Waals surface area contributed by atoms with E-state index in [2.05, 4.69) is 32.6 Å². The van der Waals surface area contributed by atoms with Crippen molar-refractivity contribution in [2.24, 2.45) is 0 Å². The summed E-state index contributed by atoms with van der Waals surface area (Å²) in [5.41, 5.74) is 0. The second kappa shape index (κ2) is 7.24. The summed E-state index contributed by atoms with van der Waals surface area (Å²) in [6.45, 7) is 2.17. The lowest BCUT2D eigenvalue weighted by atomic mass is 10.5. The largest absolute Gasteiger partial charge is 0.588 e. The molecule has 0 unspecified atom stereocenters. The van der Waals surface area contributed by atoms with E-state index in [1.54, 1.807) is 0 Å². The topological polar surface area (TPSA) is 49.4 Å². The molecule has 12 heavy (non-hydrogen) atoms. The van der Waals surface area contributed by atoms with E-state index in [0.29, 0.717) is 6.61 Å². The van der Waals surface area contributed by atoms with Crippen molar-refractivity contribution < 1.29 is 18.2 Å². The first-order valence-corrected chi connectivity index (χ1v) is 5.12. The van der Waals surface area contributed by atoms with E-state index in [0.717, 1.165) is 10.9 Å². The summed E-state index contributed by atoms with van der Waals surface area (Å²) in [6, 6.07) is 0. The Morgan fingerprint density at radius 2 is 1.67 bits per heavy atom. The van der Waals surface area contributed by atoms with E-state index >= 15 is 0 Å². The number of hydrogen-bond donors (Lipinski definition) is 0. The predicted molar refractivity (Wildman–Crippen MR) is 46.6 cm³/mol. The zero-order valence-electron chi connectivity index (χ0n) is 8.59. The summed E-state index contributed by atoms with van der Waals surface area (Å²) in [5.74, 6) is 0. The van der Waals surface area contributed by atoms with Crippen LogP contribution in [0.5, 0.6) is 0 Å². The minimum absolute atomic E-state index is 0.321. The first kappa shape index (κ1) is 14.1. The number of hydrogen-bond acceptors (Lipinski definition) is 3. The highest BCUT2D eigenvalue weighted by atomic mass is 28.3. The van der Waals surface area contributed by atoms with Gasteiger partial charge in [-0.1, -0.05) is 6.92 Å². The van der Waals surface area contributed by atoms with Crippen LogP contribution in [0.1, 0.15) is 13.3 Å². The lowest BCUT2D eigenvalue weighted by molar-refractivity contribution is -0.849. The van der Waals surface area contributed by atoms with Gasteiger partial charge >= 0.3 is 9.17 Å². The van der Waals surface area contributed by atoms with Gasteiger partial charge in [0.1, 0.15) is 0 Å². The summed E-state index contributed by atoms with van der Waals surface area (Å²) < 4.78 is 14.8. The molecule has 0 rings (SSSR count). The lowest BCUT2D eigenvalue weighted by Crippen LogP contribution is -2.27. The van der Waals surface area contributed by atoms with Crippen LogP contribution in [0.25, 0.3) is 0 Å². The Bertz CT molecular complexity index is 116. The molecular weight excluding hydrogens is 174 g/mol. The van der Waals surface area contributed by atoms with Crippen molar-refractivity contribution in [1.29, 1.82) is 0 Å². The molecule has 74 valence electrons. The van der Waals surface area contributed by atoms with E-state index in [1.807, 2.05) is 6.92 Å². The minimum Gasteiger partial charge on any atom is -0.588 e. The second-order valence-corrected chi connectivity index (χ2v) is 4.57. The van der Waals surface area contributed by atoms with Gasteiger partial charge in [0.05, 0.1) is 28.2 Å². The highest BCUT2D eigenvalue weighted by Crippen LogP contribution is 1.74. The molecule has 0 spiro atoms. The molecule has 0 aliphatic rings. The Hall–Kier alpha value is -0.423. The normalized spacial score (nSPS) is 9.75. The van der Waals surface area contributed by atoms with Gasteiger partial charge in [-0.05, 0) is 6.42 Å². The monoisotopic (exact) mass is 193 g/mol. The van der Waals surface area contributed by atoms with Crippen molar-refractivity contribution in [3.05, 3.63) is 0 Å². The molecule has 0 aromatic rings. The van der Waals surface area contributed by atoms with E-state index in [-0.39, 0.29) is 0 Å². The molecule has 0 aliphatic carbocycles. The SMILES string of the molecule is CCCO[Si](=O)[O-].C[N+](C)(C)C. The fourth-order valence-corrected chi connectivity index (χ4v) is 0.556. The zero-order chi connectivity index (χ0) is 10.2. The third kappa shape index (κ3) is 55.1. The van der Waals surface area contributed by atoms with Crippen molar-refractivity contribution in [2.75, 3.05) is 34.8 Å². The molecule has 0 bridgehead atoms. The molecule has 0 saturated heterocycles. The average molecular weight is 193 g/mol. The van der Waals surface area contributed by atoms with Gasteiger partial charge in [-0.3, -0.25) is 0 Å². The van der Waals surface area contributed by atoms with Crippen LogP contribution in [0, 0.1) is 0 Å². The Kier molecular flexibility index (Phi) is 8.52. The predicted octanol–water partition coefficient (Wildman–Crippen LogP) is -0.489. The summed E-state index contributed by atoms with van der Waals surface area (Å²) in [6.07, 6.45) is 0.749. The minimum atomic E-state index is -2.90. The third-order valence-corrected chi connectivity index (χ3v) is 0.864. The smallest absolute Gasteiger partial charge is 0.413 e. The first-order valence-electron chi connectivity index (χ1n) is 3.90. The summed E-state index contributed by atoms with van der Waals surface area (Å²) in [7, 11) is 5.60. The zero-order valence-corrected chi connectivity index (χ0v) is 9.59. The van der Waals surface area contributed by atoms with E-state index in [1.165, 1.54) is 0 Å². The third-order valence-electron chi connectivity index (χ3n) is 0.424. The van der Waals surface area contributed by atoms with Crippen molar-refractivity contribution in [3.8, 4) is 0 Å². The van der Waals surface area contributed by atoms with Gasteiger partial charge in [0.25, 0.3) is 0 Å². The van der Waals surface area contributed by atoms with Crippen molar-refractivity contribution in [2.45, 2.75) is 13.3 Å². The van der Waals surface area contributed by atoms with Crippen LogP contribution in [-0.4, -0.2) is 48.5 Å². The Morgan fingerprint density at radius 3 is 1.75 bits per heavy atom. The summed E-state index contributed by atoms with van der Waals surface area (Å²) in [4.78, 5) is 9.61. The molecular formula is C7H19NO3Si. The van der Waals surface area contributed by atoms with Crippen LogP contribution in [0.3, 0.4) is 0 Å². The number of nitrogens with zero attached hydrogens (tertiary/aromatic N) is 1. The van der Waals surface area contributed by atoms with Crippen molar-refractivity contribution in [1.82, 2.24) is 0 Å². The van der Waals surface area contributed by atoms with Gasteiger partial charge < -0.3 is 18.2 Å². The average Bonchev–Trinajstić information content (AvgIpc) is 1.79. The molecule has 4 nitrogen and oxygen atoms in total. The maximum absolute atomic E-state index is 9.61. The molecule has 0 radical (unpaired) electrons. The van der Waals surface area contributed by atoms with Crippen LogP contribution < -0.4 is 4.80 Å². The van der Waals surface area contributed by atoms with Gasteiger partial charge in [0, 0.05) is 6.61 Å². The van der Waals surface area contributed by atoms with Gasteiger partial charge in [-0.15, -0.1) is 0 Å². The maximum Gasteiger partial charge on any atom is 0.413 e.